The molecule has 3 rings (SSSR count). The number of aromatic amines is 1. The van der Waals surface area contributed by atoms with Crippen LogP contribution < -0.4 is 10.6 Å². The second kappa shape index (κ2) is 7.40. The standard InChI is InChI=1S/C18H16BrN3O3/c1-2-25-18(24)21-14-7-5-13(6-8-14)20-17(23)16-9-11-3-4-12(19)10-15(11)22-16/h3-10,22H,2H2,1H3,(H,20,23)(H,21,24). The lowest BCUT2D eigenvalue weighted by molar-refractivity contribution is 0.102. The smallest absolute Gasteiger partial charge is 0.411 e. The number of nitrogens with one attached hydrogen (secondary N) is 3. The molecule has 0 fully saturated rings. The molecule has 0 radical (unpaired) electrons. The van der Waals surface area contributed by atoms with Crippen LogP contribution in [0.1, 0.15) is 17.4 Å². The summed E-state index contributed by atoms with van der Waals surface area (Å²) in [6, 6.07) is 14.4. The number of anilines is 2. The first-order valence-corrected chi connectivity index (χ1v) is 8.48. The molecule has 0 aliphatic carbocycles. The van der Waals surface area contributed by atoms with E-state index in [1.807, 2.05) is 18.2 Å². The molecule has 2 aromatic carbocycles. The quantitative estimate of drug-likeness (QED) is 0.589. The minimum atomic E-state index is -0.511. The maximum atomic E-state index is 12.4. The number of halogens is 1. The number of carbonyl (C=O) groups excluding carboxylic acids is 2. The van der Waals surface area contributed by atoms with E-state index in [9.17, 15) is 9.59 Å². The van der Waals surface area contributed by atoms with Gasteiger partial charge in [0, 0.05) is 26.8 Å². The molecule has 7 heteroatoms. The van der Waals surface area contributed by atoms with Crippen molar-refractivity contribution in [3.8, 4) is 0 Å². The second-order valence-corrected chi connectivity index (χ2v) is 6.21. The van der Waals surface area contributed by atoms with Crippen molar-refractivity contribution >= 4 is 50.2 Å². The molecule has 0 saturated heterocycles. The lowest BCUT2D eigenvalue weighted by Crippen LogP contribution is -2.14. The van der Waals surface area contributed by atoms with E-state index in [2.05, 4.69) is 31.5 Å². The number of rotatable bonds is 4. The zero-order valence-corrected chi connectivity index (χ0v) is 15.0. The van der Waals surface area contributed by atoms with Crippen molar-refractivity contribution < 1.29 is 14.3 Å². The molecule has 0 bridgehead atoms. The van der Waals surface area contributed by atoms with E-state index < -0.39 is 6.09 Å². The highest BCUT2D eigenvalue weighted by Crippen LogP contribution is 2.21. The minimum absolute atomic E-state index is 0.238. The third-order valence-corrected chi connectivity index (χ3v) is 3.99. The molecular weight excluding hydrogens is 386 g/mol. The summed E-state index contributed by atoms with van der Waals surface area (Å²) in [5.74, 6) is -0.238. The van der Waals surface area contributed by atoms with Gasteiger partial charge in [-0.2, -0.15) is 0 Å². The van der Waals surface area contributed by atoms with Gasteiger partial charge < -0.3 is 15.0 Å². The van der Waals surface area contributed by atoms with Crippen molar-refractivity contribution in [3.63, 3.8) is 0 Å². The van der Waals surface area contributed by atoms with Gasteiger partial charge in [-0.05, 0) is 49.4 Å². The van der Waals surface area contributed by atoms with Gasteiger partial charge in [0.2, 0.25) is 0 Å². The first kappa shape index (κ1) is 17.0. The fourth-order valence-electron chi connectivity index (χ4n) is 2.34. The molecule has 1 heterocycles. The van der Waals surface area contributed by atoms with Crippen molar-refractivity contribution in [2.24, 2.45) is 0 Å². The number of ether oxygens (including phenoxy) is 1. The average molecular weight is 402 g/mol. The van der Waals surface area contributed by atoms with Crippen LogP contribution in [0, 0.1) is 0 Å². The molecule has 0 aliphatic rings. The lowest BCUT2D eigenvalue weighted by atomic mass is 10.2. The van der Waals surface area contributed by atoms with Crippen LogP contribution >= 0.6 is 15.9 Å². The van der Waals surface area contributed by atoms with Crippen molar-refractivity contribution in [3.05, 3.63) is 58.7 Å². The van der Waals surface area contributed by atoms with Crippen LogP contribution in [0.3, 0.4) is 0 Å². The Hall–Kier alpha value is -2.80. The predicted molar refractivity (Wildman–Crippen MR) is 101 cm³/mol. The Morgan fingerprint density at radius 2 is 1.72 bits per heavy atom. The Kier molecular flexibility index (Phi) is 5.04. The predicted octanol–water partition coefficient (Wildman–Crippen LogP) is 4.75. The van der Waals surface area contributed by atoms with Crippen LogP contribution in [0.15, 0.2) is 53.0 Å². The van der Waals surface area contributed by atoms with Gasteiger partial charge in [0.05, 0.1) is 6.61 Å². The van der Waals surface area contributed by atoms with Crippen LogP contribution in [0.2, 0.25) is 0 Å². The zero-order chi connectivity index (χ0) is 17.8. The number of fused-ring (bicyclic) bond motifs is 1. The summed E-state index contributed by atoms with van der Waals surface area (Å²) in [5.41, 5.74) is 2.57. The van der Waals surface area contributed by atoms with Crippen molar-refractivity contribution in [1.29, 1.82) is 0 Å². The van der Waals surface area contributed by atoms with E-state index >= 15 is 0 Å². The molecule has 1 aromatic heterocycles. The molecule has 25 heavy (non-hydrogen) atoms. The molecule has 0 saturated carbocycles. The van der Waals surface area contributed by atoms with Crippen molar-refractivity contribution in [2.45, 2.75) is 6.92 Å². The van der Waals surface area contributed by atoms with Gasteiger partial charge in [-0.25, -0.2) is 4.79 Å². The van der Waals surface area contributed by atoms with Crippen LogP contribution in [0.4, 0.5) is 16.2 Å². The van der Waals surface area contributed by atoms with E-state index in [0.717, 1.165) is 15.4 Å². The van der Waals surface area contributed by atoms with Crippen LogP contribution in [-0.2, 0) is 4.74 Å². The fraction of sp³-hybridized carbons (Fsp3) is 0.111. The largest absolute Gasteiger partial charge is 0.450 e. The highest BCUT2D eigenvalue weighted by molar-refractivity contribution is 9.10. The van der Waals surface area contributed by atoms with Gasteiger partial charge in [0.1, 0.15) is 5.69 Å². The first-order valence-electron chi connectivity index (χ1n) is 7.68. The summed E-state index contributed by atoms with van der Waals surface area (Å²) in [5, 5.41) is 6.37. The van der Waals surface area contributed by atoms with E-state index in [1.54, 1.807) is 37.3 Å². The summed E-state index contributed by atoms with van der Waals surface area (Å²) in [6.07, 6.45) is -0.511. The fourth-order valence-corrected chi connectivity index (χ4v) is 2.70. The summed E-state index contributed by atoms with van der Waals surface area (Å²) < 4.78 is 5.75. The number of aromatic nitrogens is 1. The summed E-state index contributed by atoms with van der Waals surface area (Å²) in [4.78, 5) is 26.8. The maximum Gasteiger partial charge on any atom is 0.411 e. The summed E-state index contributed by atoms with van der Waals surface area (Å²) in [6.45, 7) is 2.04. The van der Waals surface area contributed by atoms with E-state index in [4.69, 9.17) is 4.74 Å². The number of hydrogen-bond acceptors (Lipinski definition) is 3. The molecule has 0 aliphatic heterocycles. The summed E-state index contributed by atoms with van der Waals surface area (Å²) in [7, 11) is 0. The monoisotopic (exact) mass is 401 g/mol. The van der Waals surface area contributed by atoms with Crippen LogP contribution in [0.25, 0.3) is 10.9 Å². The molecule has 0 atom stereocenters. The third kappa shape index (κ3) is 4.19. The normalized spacial score (nSPS) is 10.5. The third-order valence-electron chi connectivity index (χ3n) is 3.49. The molecular formula is C18H16BrN3O3. The highest BCUT2D eigenvalue weighted by Gasteiger charge is 2.10. The molecule has 2 amide bonds. The van der Waals surface area contributed by atoms with E-state index in [1.165, 1.54) is 0 Å². The number of carbonyl (C=O) groups is 2. The van der Waals surface area contributed by atoms with Crippen molar-refractivity contribution in [2.75, 3.05) is 17.2 Å². The number of amides is 2. The Balaban J connectivity index is 1.68. The zero-order valence-electron chi connectivity index (χ0n) is 13.4. The SMILES string of the molecule is CCOC(=O)Nc1ccc(NC(=O)c2cc3ccc(Br)cc3[nH]2)cc1. The maximum absolute atomic E-state index is 12.4. The molecule has 0 unspecified atom stereocenters. The topological polar surface area (TPSA) is 83.2 Å². The Morgan fingerprint density at radius 1 is 1.04 bits per heavy atom. The molecule has 128 valence electrons. The summed E-state index contributed by atoms with van der Waals surface area (Å²) >= 11 is 3.41. The average Bonchev–Trinajstić information content (AvgIpc) is 3.00. The van der Waals surface area contributed by atoms with Crippen molar-refractivity contribution in [1.82, 2.24) is 4.98 Å². The second-order valence-electron chi connectivity index (χ2n) is 5.29. The Morgan fingerprint density at radius 3 is 2.40 bits per heavy atom. The van der Waals surface area contributed by atoms with Gasteiger partial charge in [0.15, 0.2) is 0 Å². The van der Waals surface area contributed by atoms with E-state index in [0.29, 0.717) is 23.7 Å². The van der Waals surface area contributed by atoms with Gasteiger partial charge in [-0.15, -0.1) is 0 Å². The lowest BCUT2D eigenvalue weighted by Gasteiger charge is -2.07. The number of benzene rings is 2. The number of hydrogen-bond donors (Lipinski definition) is 3. The molecule has 3 N–H and O–H groups in total. The van der Waals surface area contributed by atoms with Gasteiger partial charge in [-0.3, -0.25) is 10.1 Å². The van der Waals surface area contributed by atoms with Gasteiger partial charge in [-0.1, -0.05) is 22.0 Å². The van der Waals surface area contributed by atoms with Crippen LogP contribution in [-0.4, -0.2) is 23.6 Å². The molecule has 3 aromatic rings. The minimum Gasteiger partial charge on any atom is -0.450 e. The van der Waals surface area contributed by atoms with Gasteiger partial charge in [0.25, 0.3) is 5.91 Å². The molecule has 0 spiro atoms. The Bertz CT molecular complexity index is 919. The first-order chi connectivity index (χ1) is 12.0. The van der Waals surface area contributed by atoms with E-state index in [-0.39, 0.29) is 5.91 Å². The van der Waals surface area contributed by atoms with Gasteiger partial charge >= 0.3 is 6.09 Å². The van der Waals surface area contributed by atoms with Crippen LogP contribution in [0.5, 0.6) is 0 Å². The highest BCUT2D eigenvalue weighted by atomic mass is 79.9. The number of H-pyrrole nitrogens is 1. The molecule has 6 nitrogen and oxygen atoms in total. The Labute approximate surface area is 152 Å².